The van der Waals surface area contributed by atoms with Crippen LogP contribution in [0.4, 0.5) is 22.8 Å². The van der Waals surface area contributed by atoms with E-state index in [0.29, 0.717) is 59.0 Å². The second kappa shape index (κ2) is 12.6. The first kappa shape index (κ1) is 33.3. The molecule has 0 saturated carbocycles. The van der Waals surface area contributed by atoms with Gasteiger partial charge in [-0.2, -0.15) is 0 Å². The Kier molecular flexibility index (Phi) is 9.72. The number of aromatic nitrogens is 1. The molecule has 0 spiro atoms. The average molecular weight is 606 g/mol. The van der Waals surface area contributed by atoms with Gasteiger partial charge in [0, 0.05) is 54.9 Å². The summed E-state index contributed by atoms with van der Waals surface area (Å²) in [5.41, 5.74) is 1.81. The molecule has 234 valence electrons. The quantitative estimate of drug-likeness (QED) is 0.195. The van der Waals surface area contributed by atoms with Crippen LogP contribution in [0.2, 0.25) is 0 Å². The van der Waals surface area contributed by atoms with E-state index in [4.69, 9.17) is 4.74 Å². The first-order chi connectivity index (χ1) is 19.8. The van der Waals surface area contributed by atoms with Gasteiger partial charge in [0.2, 0.25) is 0 Å². The van der Waals surface area contributed by atoms with Gasteiger partial charge in [-0.3, -0.25) is 4.79 Å². The molecule has 2 aromatic carbocycles. The maximum Gasteiger partial charge on any atom is 0.573 e. The van der Waals surface area contributed by atoms with Crippen molar-refractivity contribution < 1.29 is 42.1 Å². The molecular formula is C31H38F3N3O6. The normalized spacial score (nSPS) is 12.2. The van der Waals surface area contributed by atoms with Crippen LogP contribution in [0, 0.1) is 0 Å². The Hall–Kier alpha value is -4.22. The summed E-state index contributed by atoms with van der Waals surface area (Å²) in [6, 6.07) is 7.67. The first-order valence-electron chi connectivity index (χ1n) is 13.7. The fourth-order valence-electron chi connectivity index (χ4n) is 4.75. The van der Waals surface area contributed by atoms with Crippen molar-refractivity contribution in [2.45, 2.75) is 78.4 Å². The molecule has 1 aromatic heterocycles. The fraction of sp³-hybridized carbons (Fsp3) is 0.452. The minimum atomic E-state index is -4.95. The molecular weight excluding hydrogens is 567 g/mol. The third kappa shape index (κ3) is 8.89. The zero-order chi connectivity index (χ0) is 32.3. The van der Waals surface area contributed by atoms with Crippen LogP contribution in [0.1, 0.15) is 69.4 Å². The largest absolute Gasteiger partial charge is 0.573 e. The van der Waals surface area contributed by atoms with Gasteiger partial charge in [-0.15, -0.1) is 13.2 Å². The minimum absolute atomic E-state index is 0.220. The number of nitrogens with zero attached hydrogens (tertiary/aromatic N) is 2. The summed E-state index contributed by atoms with van der Waals surface area (Å²) in [4.78, 5) is 36.5. The molecule has 9 nitrogen and oxygen atoms in total. The molecule has 43 heavy (non-hydrogen) atoms. The zero-order valence-corrected chi connectivity index (χ0v) is 25.4. The maximum atomic E-state index is 13.3. The van der Waals surface area contributed by atoms with Gasteiger partial charge in [-0.1, -0.05) is 20.8 Å². The Balaban J connectivity index is 2.18. The third-order valence-electron chi connectivity index (χ3n) is 6.52. The van der Waals surface area contributed by atoms with Crippen LogP contribution in [0.3, 0.4) is 0 Å². The number of aryl methyl sites for hydroxylation is 1. The number of aldehydes is 1. The fourth-order valence-corrected chi connectivity index (χ4v) is 4.75. The maximum absolute atomic E-state index is 13.3. The number of benzene rings is 2. The molecule has 3 rings (SSSR count). The van der Waals surface area contributed by atoms with Crippen molar-refractivity contribution in [3.8, 4) is 16.9 Å². The van der Waals surface area contributed by atoms with Gasteiger partial charge in [0.25, 0.3) is 0 Å². The Morgan fingerprint density at radius 2 is 1.74 bits per heavy atom. The van der Waals surface area contributed by atoms with Gasteiger partial charge in [-0.25, -0.2) is 9.59 Å². The molecule has 3 aromatic rings. The van der Waals surface area contributed by atoms with Crippen LogP contribution in [0.5, 0.6) is 5.75 Å². The lowest BCUT2D eigenvalue weighted by atomic mass is 9.79. The highest BCUT2D eigenvalue weighted by Gasteiger charge is 2.33. The van der Waals surface area contributed by atoms with Crippen LogP contribution >= 0.6 is 0 Å². The van der Waals surface area contributed by atoms with E-state index in [9.17, 15) is 32.7 Å². The smallest absolute Gasteiger partial charge is 0.465 e. The van der Waals surface area contributed by atoms with E-state index in [2.05, 4.69) is 10.1 Å². The molecule has 2 amide bonds. The Bertz CT molecular complexity index is 1500. The van der Waals surface area contributed by atoms with Crippen molar-refractivity contribution in [3.63, 3.8) is 0 Å². The topological polar surface area (TPSA) is 110 Å². The van der Waals surface area contributed by atoms with Gasteiger partial charge in [-0.05, 0) is 79.6 Å². The lowest BCUT2D eigenvalue weighted by Crippen LogP contribution is -2.33. The molecule has 0 fully saturated rings. The lowest BCUT2D eigenvalue weighted by Gasteiger charge is -2.27. The molecule has 0 unspecified atom stereocenters. The number of fused-ring (bicyclic) bond motifs is 1. The van der Waals surface area contributed by atoms with Gasteiger partial charge < -0.3 is 29.4 Å². The van der Waals surface area contributed by atoms with E-state index in [1.807, 2.05) is 31.5 Å². The summed E-state index contributed by atoms with van der Waals surface area (Å²) in [6.45, 7) is 11.4. The SMILES string of the molecule is CN(Cc1cc(OC(F)(F)F)cc(C(C)(C)C)c1-c1cn(CCCNC(=O)OC(C)(C)C)c2ccc(C=O)cc12)C(=O)O. The number of hydrogen-bond donors (Lipinski definition) is 2. The standard InChI is InChI=1S/C31H38F3N3O6/c1-29(2,3)24-15-21(42-31(32,33)34)14-20(16-36(7)28(40)41)26(24)23-17-37(25-10-9-19(18-38)13-22(23)25)12-8-11-35-27(39)43-30(4,5)6/h9-10,13-15,17-18H,8,11-12,16H2,1-7H3,(H,35,39)(H,40,41). The Labute approximate surface area is 248 Å². The molecule has 0 aliphatic rings. The number of rotatable bonds is 9. The Morgan fingerprint density at radius 3 is 2.30 bits per heavy atom. The monoisotopic (exact) mass is 605 g/mol. The summed E-state index contributed by atoms with van der Waals surface area (Å²) in [6.07, 6.45) is -3.68. The summed E-state index contributed by atoms with van der Waals surface area (Å²) in [5.74, 6) is -0.458. The predicted molar refractivity (Wildman–Crippen MR) is 156 cm³/mol. The molecule has 0 atom stereocenters. The number of ether oxygens (including phenoxy) is 2. The second-order valence-corrected chi connectivity index (χ2v) is 12.4. The van der Waals surface area contributed by atoms with E-state index in [1.165, 1.54) is 19.2 Å². The van der Waals surface area contributed by atoms with Gasteiger partial charge in [0.1, 0.15) is 17.6 Å². The highest BCUT2D eigenvalue weighted by atomic mass is 19.4. The molecule has 2 N–H and O–H groups in total. The van der Waals surface area contributed by atoms with E-state index in [-0.39, 0.29) is 6.54 Å². The molecule has 0 radical (unpaired) electrons. The minimum Gasteiger partial charge on any atom is -0.465 e. The van der Waals surface area contributed by atoms with Crippen LogP contribution in [0.25, 0.3) is 22.0 Å². The highest BCUT2D eigenvalue weighted by Crippen LogP contribution is 2.43. The van der Waals surface area contributed by atoms with Crippen molar-refractivity contribution in [3.05, 3.63) is 53.2 Å². The molecule has 0 aliphatic heterocycles. The van der Waals surface area contributed by atoms with Crippen molar-refractivity contribution in [1.82, 2.24) is 14.8 Å². The van der Waals surface area contributed by atoms with Crippen molar-refractivity contribution >= 4 is 29.4 Å². The molecule has 0 bridgehead atoms. The van der Waals surface area contributed by atoms with Crippen LogP contribution in [-0.4, -0.2) is 58.6 Å². The average Bonchev–Trinajstić information content (AvgIpc) is 3.21. The number of nitrogens with one attached hydrogen (secondary N) is 1. The third-order valence-corrected chi connectivity index (χ3v) is 6.52. The summed E-state index contributed by atoms with van der Waals surface area (Å²) in [7, 11) is 1.33. The second-order valence-electron chi connectivity index (χ2n) is 12.4. The van der Waals surface area contributed by atoms with Crippen LogP contribution in [-0.2, 0) is 23.2 Å². The van der Waals surface area contributed by atoms with Crippen molar-refractivity contribution in [1.29, 1.82) is 0 Å². The summed E-state index contributed by atoms with van der Waals surface area (Å²) >= 11 is 0. The highest BCUT2D eigenvalue weighted by molar-refractivity contribution is 6.00. The van der Waals surface area contributed by atoms with E-state index in [1.54, 1.807) is 39.0 Å². The number of carboxylic acid groups (broad SMARTS) is 1. The van der Waals surface area contributed by atoms with E-state index in [0.717, 1.165) is 10.4 Å². The van der Waals surface area contributed by atoms with Crippen LogP contribution < -0.4 is 10.1 Å². The number of carbonyl (C=O) groups is 3. The number of alkyl carbamates (subject to hydrolysis) is 1. The molecule has 1 heterocycles. The van der Waals surface area contributed by atoms with Crippen LogP contribution in [0.15, 0.2) is 36.5 Å². The van der Waals surface area contributed by atoms with Gasteiger partial charge in [0.15, 0.2) is 0 Å². The first-order valence-corrected chi connectivity index (χ1v) is 13.7. The molecule has 0 saturated heterocycles. The lowest BCUT2D eigenvalue weighted by molar-refractivity contribution is -0.274. The zero-order valence-electron chi connectivity index (χ0n) is 25.4. The van der Waals surface area contributed by atoms with E-state index < -0.39 is 35.3 Å². The number of alkyl halides is 3. The molecule has 0 aliphatic carbocycles. The van der Waals surface area contributed by atoms with Gasteiger partial charge >= 0.3 is 18.5 Å². The number of hydrogen-bond acceptors (Lipinski definition) is 5. The summed E-state index contributed by atoms with van der Waals surface area (Å²) in [5, 5.41) is 13.0. The number of carbonyl (C=O) groups excluding carboxylic acids is 2. The van der Waals surface area contributed by atoms with E-state index >= 15 is 0 Å². The van der Waals surface area contributed by atoms with Crippen molar-refractivity contribution in [2.24, 2.45) is 0 Å². The number of halogens is 3. The Morgan fingerprint density at radius 1 is 1.07 bits per heavy atom. The number of amides is 2. The predicted octanol–water partition coefficient (Wildman–Crippen LogP) is 7.34. The van der Waals surface area contributed by atoms with Crippen molar-refractivity contribution in [2.75, 3.05) is 13.6 Å². The van der Waals surface area contributed by atoms with Gasteiger partial charge in [0.05, 0.1) is 0 Å². The molecule has 12 heteroatoms. The summed E-state index contributed by atoms with van der Waals surface area (Å²) < 4.78 is 51.4.